The highest BCUT2D eigenvalue weighted by Crippen LogP contribution is 2.41. The normalized spacial score (nSPS) is 12.3. The van der Waals surface area contributed by atoms with E-state index in [1.165, 1.54) is 4.90 Å². The monoisotopic (exact) mass is 413 g/mol. The minimum atomic E-state index is -0.274. The molecule has 0 spiro atoms. The average Bonchev–Trinajstić information content (AvgIpc) is 3.32. The van der Waals surface area contributed by atoms with Gasteiger partial charge in [-0.15, -0.1) is 0 Å². The van der Waals surface area contributed by atoms with Crippen LogP contribution in [0.15, 0.2) is 36.4 Å². The van der Waals surface area contributed by atoms with Crippen LogP contribution >= 0.6 is 11.6 Å². The van der Waals surface area contributed by atoms with Gasteiger partial charge in [-0.05, 0) is 44.2 Å². The number of carbonyl (C=O) groups excluding carboxylic acids is 1. The molecule has 4 rings (SSSR count). The maximum atomic E-state index is 13.2. The van der Waals surface area contributed by atoms with Crippen molar-refractivity contribution in [2.24, 2.45) is 0 Å². The molecule has 0 saturated heterocycles. The lowest BCUT2D eigenvalue weighted by molar-refractivity contribution is 0.0992. The number of amides is 1. The summed E-state index contributed by atoms with van der Waals surface area (Å²) >= 11 is 6.26. The topological polar surface area (TPSA) is 76.8 Å². The minimum Gasteiger partial charge on any atom is -0.454 e. The first-order valence-corrected chi connectivity index (χ1v) is 9.42. The fraction of sp³-hybridized carbons (Fsp3) is 0.238. The van der Waals surface area contributed by atoms with Crippen LogP contribution in [0.3, 0.4) is 0 Å². The third-order valence-electron chi connectivity index (χ3n) is 4.98. The van der Waals surface area contributed by atoms with Crippen LogP contribution < -0.4 is 14.4 Å². The van der Waals surface area contributed by atoms with Crippen molar-refractivity contribution in [2.75, 3.05) is 18.7 Å². The highest BCUT2D eigenvalue weighted by molar-refractivity contribution is 6.31. The fourth-order valence-corrected chi connectivity index (χ4v) is 3.55. The zero-order valence-electron chi connectivity index (χ0n) is 16.3. The number of aryl methyl sites for hydroxylation is 1. The van der Waals surface area contributed by atoms with Crippen molar-refractivity contribution in [2.45, 2.75) is 20.5 Å². The molecule has 0 saturated carbocycles. The second-order valence-electron chi connectivity index (χ2n) is 6.77. The van der Waals surface area contributed by atoms with Gasteiger partial charge in [-0.3, -0.25) is 4.79 Å². The summed E-state index contributed by atoms with van der Waals surface area (Å²) < 4.78 is 12.5. The first-order chi connectivity index (χ1) is 13.9. The Bertz CT molecular complexity index is 1110. The Labute approximate surface area is 173 Å². The molecule has 0 radical (unpaired) electrons. The summed E-state index contributed by atoms with van der Waals surface area (Å²) in [5.74, 6) is 0.797. The number of aliphatic hydroxyl groups is 1. The number of fused-ring (bicyclic) bond motifs is 1. The van der Waals surface area contributed by atoms with Gasteiger partial charge in [0.1, 0.15) is 0 Å². The lowest BCUT2D eigenvalue weighted by atomic mass is 10.1. The number of hydrogen-bond donors (Lipinski definition) is 1. The van der Waals surface area contributed by atoms with E-state index in [9.17, 15) is 9.90 Å². The standard InChI is InChI=1S/C21H20ClN3O4/c1-12-19(22)13(2)25(23-12)15-6-4-5-14(9-15)21(27)24(3)17-7-8-18-20(16(17)10-26)29-11-28-18/h4-9,26H,10-11H2,1-3H3. The van der Waals surface area contributed by atoms with Gasteiger partial charge in [0.05, 0.1) is 34.4 Å². The lowest BCUT2D eigenvalue weighted by Gasteiger charge is -2.21. The number of rotatable bonds is 4. The van der Waals surface area contributed by atoms with Crippen LogP contribution in [-0.4, -0.2) is 34.6 Å². The van der Waals surface area contributed by atoms with Gasteiger partial charge in [-0.2, -0.15) is 5.10 Å². The van der Waals surface area contributed by atoms with Gasteiger partial charge in [0.25, 0.3) is 5.91 Å². The van der Waals surface area contributed by atoms with Gasteiger partial charge >= 0.3 is 0 Å². The number of benzene rings is 2. The third-order valence-corrected chi connectivity index (χ3v) is 5.53. The lowest BCUT2D eigenvalue weighted by Crippen LogP contribution is -2.27. The second-order valence-corrected chi connectivity index (χ2v) is 7.14. The Balaban J connectivity index is 1.70. The Morgan fingerprint density at radius 1 is 1.28 bits per heavy atom. The van der Waals surface area contributed by atoms with Crippen LogP contribution in [0.1, 0.15) is 27.3 Å². The number of aromatic nitrogens is 2. The first-order valence-electron chi connectivity index (χ1n) is 9.05. The summed E-state index contributed by atoms with van der Waals surface area (Å²) in [5.41, 5.74) is 3.82. The van der Waals surface area contributed by atoms with Crippen molar-refractivity contribution in [3.05, 3.63) is 63.9 Å². The molecule has 150 valence electrons. The van der Waals surface area contributed by atoms with E-state index in [1.54, 1.807) is 42.1 Å². The van der Waals surface area contributed by atoms with Gasteiger partial charge in [0, 0.05) is 18.2 Å². The van der Waals surface area contributed by atoms with Crippen LogP contribution in [-0.2, 0) is 6.61 Å². The third kappa shape index (κ3) is 3.22. The number of ether oxygens (including phenoxy) is 2. The number of anilines is 1. The number of hydrogen-bond acceptors (Lipinski definition) is 5. The van der Waals surface area contributed by atoms with E-state index >= 15 is 0 Å². The van der Waals surface area contributed by atoms with Gasteiger partial charge in [-0.25, -0.2) is 4.68 Å². The van der Waals surface area contributed by atoms with Crippen LogP contribution in [0.2, 0.25) is 5.02 Å². The summed E-state index contributed by atoms with van der Waals surface area (Å²) in [6.45, 7) is 3.54. The minimum absolute atomic E-state index is 0.0939. The molecule has 29 heavy (non-hydrogen) atoms. The average molecular weight is 414 g/mol. The molecule has 0 fully saturated rings. The maximum absolute atomic E-state index is 13.2. The van der Waals surface area contributed by atoms with Crippen LogP contribution in [0.25, 0.3) is 5.69 Å². The molecule has 8 heteroatoms. The van der Waals surface area contributed by atoms with Gasteiger partial charge in [0.15, 0.2) is 11.5 Å². The van der Waals surface area contributed by atoms with E-state index in [1.807, 2.05) is 19.9 Å². The highest BCUT2D eigenvalue weighted by atomic mass is 35.5. The van der Waals surface area contributed by atoms with E-state index in [0.29, 0.717) is 33.3 Å². The summed E-state index contributed by atoms with van der Waals surface area (Å²) in [4.78, 5) is 14.7. The summed E-state index contributed by atoms with van der Waals surface area (Å²) in [6.07, 6.45) is 0. The van der Waals surface area contributed by atoms with E-state index in [4.69, 9.17) is 21.1 Å². The van der Waals surface area contributed by atoms with Gasteiger partial charge in [-0.1, -0.05) is 17.7 Å². The SMILES string of the molecule is Cc1nn(-c2cccc(C(=O)N(C)c3ccc4c(c3CO)OCO4)c2)c(C)c1Cl. The van der Waals surface area contributed by atoms with Crippen molar-refractivity contribution in [1.82, 2.24) is 9.78 Å². The van der Waals surface area contributed by atoms with Crippen molar-refractivity contribution in [3.63, 3.8) is 0 Å². The van der Waals surface area contributed by atoms with Gasteiger partial charge < -0.3 is 19.5 Å². The molecule has 0 atom stereocenters. The van der Waals surface area contributed by atoms with Crippen molar-refractivity contribution in [3.8, 4) is 17.2 Å². The Hall–Kier alpha value is -3.03. The fourth-order valence-electron chi connectivity index (χ4n) is 3.44. The Morgan fingerprint density at radius 3 is 2.76 bits per heavy atom. The quantitative estimate of drug-likeness (QED) is 0.706. The van der Waals surface area contributed by atoms with Gasteiger partial charge in [0.2, 0.25) is 6.79 Å². The molecule has 7 nitrogen and oxygen atoms in total. The highest BCUT2D eigenvalue weighted by Gasteiger charge is 2.25. The summed E-state index contributed by atoms with van der Waals surface area (Å²) in [7, 11) is 1.66. The predicted octanol–water partition coefficient (Wildman–Crippen LogP) is 3.64. The van der Waals surface area contributed by atoms with Crippen LogP contribution in [0, 0.1) is 13.8 Å². The van der Waals surface area contributed by atoms with Crippen molar-refractivity contribution >= 4 is 23.2 Å². The molecular formula is C21H20ClN3O4. The van der Waals surface area contributed by atoms with E-state index in [-0.39, 0.29) is 19.3 Å². The van der Waals surface area contributed by atoms with E-state index < -0.39 is 0 Å². The number of carbonyl (C=O) groups is 1. The van der Waals surface area contributed by atoms with Crippen LogP contribution in [0.5, 0.6) is 11.5 Å². The predicted molar refractivity (Wildman–Crippen MR) is 109 cm³/mol. The molecule has 2 heterocycles. The number of aliphatic hydroxyl groups excluding tert-OH is 1. The van der Waals surface area contributed by atoms with E-state index in [0.717, 1.165) is 17.1 Å². The van der Waals surface area contributed by atoms with Crippen LogP contribution in [0.4, 0.5) is 5.69 Å². The molecule has 2 aromatic carbocycles. The molecule has 1 amide bonds. The smallest absolute Gasteiger partial charge is 0.258 e. The molecule has 0 bridgehead atoms. The van der Waals surface area contributed by atoms with Crippen molar-refractivity contribution < 1.29 is 19.4 Å². The molecule has 1 aromatic heterocycles. The second kappa shape index (κ2) is 7.42. The largest absolute Gasteiger partial charge is 0.454 e. The summed E-state index contributed by atoms with van der Waals surface area (Å²) in [6, 6.07) is 10.6. The molecule has 1 N–H and O–H groups in total. The van der Waals surface area contributed by atoms with Crippen molar-refractivity contribution in [1.29, 1.82) is 0 Å². The molecular weight excluding hydrogens is 394 g/mol. The zero-order chi connectivity index (χ0) is 20.7. The van der Waals surface area contributed by atoms with E-state index in [2.05, 4.69) is 5.10 Å². The summed E-state index contributed by atoms with van der Waals surface area (Å²) in [5, 5.41) is 14.9. The Morgan fingerprint density at radius 2 is 2.07 bits per heavy atom. The number of nitrogens with zero attached hydrogens (tertiary/aromatic N) is 3. The molecule has 1 aliphatic rings. The molecule has 0 unspecified atom stereocenters. The molecule has 1 aliphatic heterocycles. The maximum Gasteiger partial charge on any atom is 0.258 e. The first kappa shape index (κ1) is 19.3. The molecule has 0 aliphatic carbocycles. The number of halogens is 1. The molecule has 3 aromatic rings. The zero-order valence-corrected chi connectivity index (χ0v) is 17.0. The Kier molecular flexibility index (Phi) is 4.94.